The quantitative estimate of drug-likeness (QED) is 0.743. The lowest BCUT2D eigenvalue weighted by molar-refractivity contribution is 1.01. The van der Waals surface area contributed by atoms with Crippen LogP contribution in [0.3, 0.4) is 0 Å². The van der Waals surface area contributed by atoms with Gasteiger partial charge in [0.05, 0.1) is 0 Å². The molecule has 66 valence electrons. The van der Waals surface area contributed by atoms with Crippen LogP contribution in [0.15, 0.2) is 33.1 Å². The van der Waals surface area contributed by atoms with Gasteiger partial charge in [-0.05, 0) is 23.9 Å². The van der Waals surface area contributed by atoms with Crippen LogP contribution in [0.5, 0.6) is 0 Å². The summed E-state index contributed by atoms with van der Waals surface area (Å²) in [6.07, 6.45) is 0. The molecule has 0 bridgehead atoms. The fraction of sp³-hybridized carbons (Fsp3) is 0. The largest absolute Gasteiger partial charge is 0.229 e. The third-order valence-corrected chi connectivity index (χ3v) is 3.15. The molecule has 2 heterocycles. The molecule has 0 N–H and O–H groups in total. The maximum Gasteiger partial charge on any atom is 0.180 e. The second-order valence-electron chi connectivity index (χ2n) is 2.11. The summed E-state index contributed by atoms with van der Waals surface area (Å²) < 4.78 is 0.870. The van der Waals surface area contributed by atoms with Crippen molar-refractivity contribution >= 4 is 34.7 Å². The Morgan fingerprint density at radius 1 is 1.38 bits per heavy atom. The highest BCUT2D eigenvalue weighted by Crippen LogP contribution is 2.27. The molecule has 0 fully saturated rings. The van der Waals surface area contributed by atoms with Gasteiger partial charge in [-0.15, -0.1) is 10.2 Å². The molecule has 2 rings (SSSR count). The van der Waals surface area contributed by atoms with Gasteiger partial charge in [-0.3, -0.25) is 0 Å². The molecule has 3 nitrogen and oxygen atoms in total. The Bertz CT molecular complexity index is 390. The van der Waals surface area contributed by atoms with Crippen molar-refractivity contribution in [1.82, 2.24) is 15.2 Å². The van der Waals surface area contributed by atoms with Crippen LogP contribution in [-0.4, -0.2) is 15.2 Å². The summed E-state index contributed by atoms with van der Waals surface area (Å²) in [7, 11) is 0. The van der Waals surface area contributed by atoms with Gasteiger partial charge in [-0.25, -0.2) is 4.98 Å². The van der Waals surface area contributed by atoms with Crippen LogP contribution in [0, 0.1) is 0 Å². The summed E-state index contributed by atoms with van der Waals surface area (Å²) in [5.41, 5.74) is 1.69. The van der Waals surface area contributed by atoms with E-state index in [1.54, 1.807) is 11.6 Å². The fourth-order valence-electron chi connectivity index (χ4n) is 0.743. The Kier molecular flexibility index (Phi) is 2.77. The van der Waals surface area contributed by atoms with Gasteiger partial charge < -0.3 is 0 Å². The van der Waals surface area contributed by atoms with Crippen LogP contribution >= 0.6 is 34.7 Å². The summed E-state index contributed by atoms with van der Waals surface area (Å²) >= 11 is 8.67. The second kappa shape index (κ2) is 4.04. The van der Waals surface area contributed by atoms with Gasteiger partial charge in [0.1, 0.15) is 15.7 Å². The van der Waals surface area contributed by atoms with Crippen molar-refractivity contribution in [3.63, 3.8) is 0 Å². The molecule has 0 atom stereocenters. The van der Waals surface area contributed by atoms with Gasteiger partial charge in [-0.2, -0.15) is 0 Å². The monoisotopic (exact) mass is 229 g/mol. The maximum absolute atomic E-state index is 5.73. The lowest BCUT2D eigenvalue weighted by Gasteiger charge is -1.95. The zero-order chi connectivity index (χ0) is 9.10. The first-order valence-corrected chi connectivity index (χ1v) is 5.48. The standard InChI is InChI=1S/C7H4ClN3S2/c8-5-2-1-3-6(10-5)13-7-11-9-4-12-7/h1-4H. The minimum Gasteiger partial charge on any atom is -0.229 e. The molecule has 2 aromatic rings. The van der Waals surface area contributed by atoms with Crippen molar-refractivity contribution in [3.8, 4) is 0 Å². The molecule has 0 aliphatic heterocycles. The number of rotatable bonds is 2. The average molecular weight is 230 g/mol. The van der Waals surface area contributed by atoms with Crippen molar-refractivity contribution < 1.29 is 0 Å². The van der Waals surface area contributed by atoms with Crippen molar-refractivity contribution in [2.45, 2.75) is 9.37 Å². The Morgan fingerprint density at radius 2 is 2.31 bits per heavy atom. The number of hydrogen-bond donors (Lipinski definition) is 0. The lowest BCUT2D eigenvalue weighted by atomic mass is 10.5. The smallest absolute Gasteiger partial charge is 0.180 e. The zero-order valence-electron chi connectivity index (χ0n) is 6.35. The first kappa shape index (κ1) is 8.93. The normalized spacial score (nSPS) is 10.2. The third kappa shape index (κ3) is 2.40. The fourth-order valence-corrected chi connectivity index (χ4v) is 2.37. The average Bonchev–Trinajstić information content (AvgIpc) is 2.57. The molecule has 0 spiro atoms. The number of hydrogen-bond acceptors (Lipinski definition) is 5. The van der Waals surface area contributed by atoms with E-state index in [1.807, 2.05) is 12.1 Å². The molecule has 0 aliphatic carbocycles. The summed E-state index contributed by atoms with van der Waals surface area (Å²) in [6.45, 7) is 0. The molecular formula is C7H4ClN3S2. The first-order chi connectivity index (χ1) is 6.34. The SMILES string of the molecule is Clc1cccc(Sc2nncs2)n1. The maximum atomic E-state index is 5.73. The topological polar surface area (TPSA) is 38.7 Å². The van der Waals surface area contributed by atoms with Gasteiger partial charge in [0.2, 0.25) is 0 Å². The second-order valence-corrected chi connectivity index (χ2v) is 4.59. The predicted molar refractivity (Wildman–Crippen MR) is 53.3 cm³/mol. The van der Waals surface area contributed by atoms with E-state index in [0.717, 1.165) is 9.37 Å². The summed E-state index contributed by atoms with van der Waals surface area (Å²) in [5, 5.41) is 8.95. The van der Waals surface area contributed by atoms with E-state index in [9.17, 15) is 0 Å². The predicted octanol–water partition coefficient (Wildman–Crippen LogP) is 2.74. The lowest BCUT2D eigenvalue weighted by Crippen LogP contribution is -1.79. The van der Waals surface area contributed by atoms with Crippen LogP contribution in [0.25, 0.3) is 0 Å². The van der Waals surface area contributed by atoms with E-state index in [4.69, 9.17) is 11.6 Å². The number of halogens is 1. The van der Waals surface area contributed by atoms with E-state index in [-0.39, 0.29) is 0 Å². The Hall–Kier alpha value is -0.650. The molecule has 0 saturated heterocycles. The molecule has 0 saturated carbocycles. The van der Waals surface area contributed by atoms with Crippen LogP contribution < -0.4 is 0 Å². The van der Waals surface area contributed by atoms with Crippen LogP contribution in [0.2, 0.25) is 5.15 Å². The van der Waals surface area contributed by atoms with E-state index in [0.29, 0.717) is 5.15 Å². The Morgan fingerprint density at radius 3 is 3.00 bits per heavy atom. The summed E-state index contributed by atoms with van der Waals surface area (Å²) in [6, 6.07) is 5.49. The molecular weight excluding hydrogens is 226 g/mol. The van der Waals surface area contributed by atoms with Gasteiger partial charge in [0, 0.05) is 0 Å². The minimum absolute atomic E-state index is 0.495. The summed E-state index contributed by atoms with van der Waals surface area (Å²) in [4.78, 5) is 4.12. The van der Waals surface area contributed by atoms with Crippen molar-refractivity contribution in [1.29, 1.82) is 0 Å². The highest BCUT2D eigenvalue weighted by Gasteiger charge is 2.01. The van der Waals surface area contributed by atoms with E-state index in [1.165, 1.54) is 23.1 Å². The Balaban J connectivity index is 2.19. The van der Waals surface area contributed by atoms with Crippen LogP contribution in [-0.2, 0) is 0 Å². The Labute approximate surface area is 88.2 Å². The number of aromatic nitrogens is 3. The molecule has 13 heavy (non-hydrogen) atoms. The number of pyridine rings is 1. The van der Waals surface area contributed by atoms with Gasteiger partial charge in [-0.1, -0.05) is 29.0 Å². The minimum atomic E-state index is 0.495. The van der Waals surface area contributed by atoms with Crippen molar-refractivity contribution in [2.75, 3.05) is 0 Å². The van der Waals surface area contributed by atoms with Crippen LogP contribution in [0.4, 0.5) is 0 Å². The molecule has 0 unspecified atom stereocenters. The summed E-state index contributed by atoms with van der Waals surface area (Å²) in [5.74, 6) is 0. The highest BCUT2D eigenvalue weighted by molar-refractivity contribution is 8.00. The van der Waals surface area contributed by atoms with E-state index < -0.39 is 0 Å². The van der Waals surface area contributed by atoms with Crippen LogP contribution in [0.1, 0.15) is 0 Å². The first-order valence-electron chi connectivity index (χ1n) is 3.41. The molecule has 6 heteroatoms. The highest BCUT2D eigenvalue weighted by atomic mass is 35.5. The van der Waals surface area contributed by atoms with Gasteiger partial charge >= 0.3 is 0 Å². The molecule has 0 aliphatic rings. The van der Waals surface area contributed by atoms with Crippen molar-refractivity contribution in [3.05, 3.63) is 28.9 Å². The molecule has 2 aromatic heterocycles. The van der Waals surface area contributed by atoms with E-state index in [2.05, 4.69) is 15.2 Å². The zero-order valence-corrected chi connectivity index (χ0v) is 8.73. The molecule has 0 aromatic carbocycles. The molecule has 0 radical (unpaired) electrons. The molecule has 0 amide bonds. The van der Waals surface area contributed by atoms with Gasteiger partial charge in [0.25, 0.3) is 0 Å². The van der Waals surface area contributed by atoms with E-state index >= 15 is 0 Å². The van der Waals surface area contributed by atoms with Crippen molar-refractivity contribution in [2.24, 2.45) is 0 Å². The van der Waals surface area contributed by atoms with Gasteiger partial charge in [0.15, 0.2) is 4.34 Å². The number of nitrogens with zero attached hydrogens (tertiary/aromatic N) is 3. The third-order valence-electron chi connectivity index (χ3n) is 1.22.